The molecule has 0 bridgehead atoms. The number of benzene rings is 1. The molecular weight excluding hydrogens is 474 g/mol. The predicted octanol–water partition coefficient (Wildman–Crippen LogP) is 5.74. The highest BCUT2D eigenvalue weighted by atomic mass is 32.2. The van der Waals surface area contributed by atoms with Gasteiger partial charge in [-0.3, -0.25) is 9.89 Å². The number of aryl methyl sites for hydroxylation is 1. The first-order valence-corrected chi connectivity index (χ1v) is 12.1. The van der Waals surface area contributed by atoms with Crippen LogP contribution < -0.4 is 9.46 Å². The largest absolute Gasteiger partial charge is 0.480 e. The normalized spacial score (nSPS) is 10.6. The third kappa shape index (κ3) is 5.40. The zero-order chi connectivity index (χ0) is 25.5. The number of H-pyrrole nitrogens is 1. The number of carbonyl (C=O) groups is 1. The Balaban J connectivity index is 0.00000167. The zero-order valence-corrected chi connectivity index (χ0v) is 20.9. The maximum absolute atomic E-state index is 15.1. The molecule has 0 saturated heterocycles. The molecule has 35 heavy (non-hydrogen) atoms. The molecule has 0 fully saturated rings. The molecule has 4 rings (SSSR count). The molecule has 0 aliphatic rings. The van der Waals surface area contributed by atoms with Crippen molar-refractivity contribution in [3.8, 4) is 17.0 Å². The average molecular weight is 501 g/mol. The van der Waals surface area contributed by atoms with Gasteiger partial charge in [-0.25, -0.2) is 18.7 Å². The highest BCUT2D eigenvalue weighted by molar-refractivity contribution is 8.00. The molecule has 0 saturated carbocycles. The van der Waals surface area contributed by atoms with E-state index in [1.54, 1.807) is 25.4 Å². The van der Waals surface area contributed by atoms with Crippen LogP contribution in [0.3, 0.4) is 0 Å². The number of halogens is 2. The number of nitrogens with one attached hydrogen (secondary N) is 2. The van der Waals surface area contributed by atoms with Crippen LogP contribution in [0.1, 0.15) is 49.1 Å². The molecule has 0 aliphatic heterocycles. The van der Waals surface area contributed by atoms with Crippen LogP contribution in [0.5, 0.6) is 5.88 Å². The first-order chi connectivity index (χ1) is 16.9. The monoisotopic (exact) mass is 500 g/mol. The Morgan fingerprint density at radius 2 is 1.97 bits per heavy atom. The van der Waals surface area contributed by atoms with Gasteiger partial charge in [0.2, 0.25) is 11.7 Å². The van der Waals surface area contributed by atoms with E-state index >= 15 is 4.39 Å². The summed E-state index contributed by atoms with van der Waals surface area (Å²) in [4.78, 5) is 25.9. The molecular formula is C24H26F2N6O2S. The van der Waals surface area contributed by atoms with Gasteiger partial charge in [0.05, 0.1) is 23.6 Å². The van der Waals surface area contributed by atoms with Gasteiger partial charge < -0.3 is 9.46 Å². The van der Waals surface area contributed by atoms with E-state index < -0.39 is 17.4 Å². The lowest BCUT2D eigenvalue weighted by Gasteiger charge is -2.10. The van der Waals surface area contributed by atoms with Crippen molar-refractivity contribution >= 4 is 34.5 Å². The van der Waals surface area contributed by atoms with E-state index in [-0.39, 0.29) is 22.6 Å². The lowest BCUT2D eigenvalue weighted by atomic mass is 10.0. The standard InChI is InChI=1S/C22H20F2N6O2S.C2H6/c1-4-7-33-30-19-16(23)6-5-13(17(19)24)20(31)18-14-8-12(9-26-21(14)29-28-18)15-10-25-11(2)27-22(15)32-3;1-2/h5-6,8-10,30H,4,7H2,1-3H3,(H,26,28,29);1-2H3. The maximum atomic E-state index is 15.1. The number of rotatable bonds is 8. The predicted molar refractivity (Wildman–Crippen MR) is 134 cm³/mol. The van der Waals surface area contributed by atoms with Gasteiger partial charge in [0.15, 0.2) is 11.5 Å². The number of methoxy groups -OCH3 is 1. The zero-order valence-electron chi connectivity index (χ0n) is 20.1. The maximum Gasteiger partial charge on any atom is 0.224 e. The average Bonchev–Trinajstić information content (AvgIpc) is 3.30. The Morgan fingerprint density at radius 1 is 1.20 bits per heavy atom. The molecule has 3 heterocycles. The smallest absolute Gasteiger partial charge is 0.224 e. The first-order valence-electron chi connectivity index (χ1n) is 11.1. The number of carbonyl (C=O) groups excluding carboxylic acids is 1. The number of fused-ring (bicyclic) bond motifs is 1. The fraction of sp³-hybridized carbons (Fsp3) is 0.292. The van der Waals surface area contributed by atoms with Crippen LogP contribution in [0.15, 0.2) is 30.6 Å². The first kappa shape index (κ1) is 26.0. The summed E-state index contributed by atoms with van der Waals surface area (Å²) in [6.45, 7) is 7.69. The van der Waals surface area contributed by atoms with Crippen molar-refractivity contribution in [2.24, 2.45) is 0 Å². The molecule has 0 radical (unpaired) electrons. The Kier molecular flexibility index (Phi) is 8.69. The minimum atomic E-state index is -0.968. The molecule has 0 spiro atoms. The van der Waals surface area contributed by atoms with Crippen LogP contribution in [-0.4, -0.2) is 43.8 Å². The summed E-state index contributed by atoms with van der Waals surface area (Å²) in [7, 11) is 1.49. The van der Waals surface area contributed by atoms with Crippen LogP contribution in [0.4, 0.5) is 14.5 Å². The number of nitrogens with zero attached hydrogens (tertiary/aromatic N) is 4. The van der Waals surface area contributed by atoms with Crippen LogP contribution in [0.25, 0.3) is 22.2 Å². The van der Waals surface area contributed by atoms with Gasteiger partial charge in [0.1, 0.15) is 23.0 Å². The molecule has 1 aromatic carbocycles. The Hall–Kier alpha value is -3.60. The van der Waals surface area contributed by atoms with E-state index in [2.05, 4.69) is 29.9 Å². The second-order valence-corrected chi connectivity index (χ2v) is 8.00. The van der Waals surface area contributed by atoms with Crippen molar-refractivity contribution in [3.63, 3.8) is 0 Å². The van der Waals surface area contributed by atoms with Crippen LogP contribution in [-0.2, 0) is 0 Å². The summed E-state index contributed by atoms with van der Waals surface area (Å²) in [6, 6.07) is 3.85. The summed E-state index contributed by atoms with van der Waals surface area (Å²) in [5.74, 6) is -0.878. The van der Waals surface area contributed by atoms with E-state index in [0.717, 1.165) is 30.5 Å². The quantitative estimate of drug-likeness (QED) is 0.179. The van der Waals surface area contributed by atoms with Gasteiger partial charge in [-0.15, -0.1) is 0 Å². The number of ketones is 1. The van der Waals surface area contributed by atoms with E-state index in [0.29, 0.717) is 34.0 Å². The van der Waals surface area contributed by atoms with E-state index in [4.69, 9.17) is 4.74 Å². The molecule has 0 unspecified atom stereocenters. The minimum Gasteiger partial charge on any atom is -0.480 e. The number of aromatic amines is 1. The summed E-state index contributed by atoms with van der Waals surface area (Å²) >= 11 is 1.16. The van der Waals surface area contributed by atoms with Crippen molar-refractivity contribution in [1.29, 1.82) is 0 Å². The second-order valence-electron chi connectivity index (χ2n) is 7.10. The van der Waals surface area contributed by atoms with Gasteiger partial charge >= 0.3 is 0 Å². The molecule has 2 N–H and O–H groups in total. The van der Waals surface area contributed by atoms with Crippen molar-refractivity contribution in [1.82, 2.24) is 25.1 Å². The fourth-order valence-corrected chi connectivity index (χ4v) is 3.84. The van der Waals surface area contributed by atoms with Gasteiger partial charge in [-0.05, 0) is 31.5 Å². The summed E-state index contributed by atoms with van der Waals surface area (Å²) in [5.41, 5.74) is 0.821. The van der Waals surface area contributed by atoms with Crippen LogP contribution in [0, 0.1) is 18.6 Å². The summed E-state index contributed by atoms with van der Waals surface area (Å²) < 4.78 is 37.2. The van der Waals surface area contributed by atoms with Crippen molar-refractivity contribution in [2.45, 2.75) is 34.1 Å². The lowest BCUT2D eigenvalue weighted by molar-refractivity contribution is 0.103. The Labute approximate surface area is 206 Å². The molecule has 8 nitrogen and oxygen atoms in total. The Morgan fingerprint density at radius 3 is 2.69 bits per heavy atom. The van der Waals surface area contributed by atoms with Gasteiger partial charge in [-0.2, -0.15) is 10.1 Å². The van der Waals surface area contributed by atoms with E-state index in [1.165, 1.54) is 7.11 Å². The highest BCUT2D eigenvalue weighted by Crippen LogP contribution is 2.31. The number of pyridine rings is 1. The third-order valence-electron chi connectivity index (χ3n) is 4.83. The fourth-order valence-electron chi connectivity index (χ4n) is 3.20. The second kappa shape index (κ2) is 11.7. The van der Waals surface area contributed by atoms with Crippen molar-refractivity contribution in [2.75, 3.05) is 17.6 Å². The number of hydrogen-bond donors (Lipinski definition) is 2. The number of ether oxygens (including phenoxy) is 1. The number of hydrogen-bond acceptors (Lipinski definition) is 8. The molecule has 0 aliphatic carbocycles. The molecule has 11 heteroatoms. The lowest BCUT2D eigenvalue weighted by Crippen LogP contribution is -2.08. The molecule has 3 aromatic heterocycles. The van der Waals surface area contributed by atoms with Crippen molar-refractivity contribution < 1.29 is 18.3 Å². The molecule has 0 amide bonds. The summed E-state index contributed by atoms with van der Waals surface area (Å²) in [5, 5.41) is 7.06. The molecule has 184 valence electrons. The highest BCUT2D eigenvalue weighted by Gasteiger charge is 2.24. The number of anilines is 1. The summed E-state index contributed by atoms with van der Waals surface area (Å²) in [6.07, 6.45) is 3.97. The van der Waals surface area contributed by atoms with Crippen LogP contribution in [0.2, 0.25) is 0 Å². The van der Waals surface area contributed by atoms with Gasteiger partial charge in [0, 0.05) is 23.7 Å². The minimum absolute atomic E-state index is 0.0315. The topological polar surface area (TPSA) is 106 Å². The van der Waals surface area contributed by atoms with Crippen LogP contribution >= 0.6 is 11.9 Å². The van der Waals surface area contributed by atoms with E-state index in [1.807, 2.05) is 20.8 Å². The van der Waals surface area contributed by atoms with Gasteiger partial charge in [-0.1, -0.05) is 32.7 Å². The van der Waals surface area contributed by atoms with E-state index in [9.17, 15) is 9.18 Å². The van der Waals surface area contributed by atoms with Crippen molar-refractivity contribution in [3.05, 3.63) is 59.3 Å². The molecule has 0 atom stereocenters. The Bertz CT molecular complexity index is 1350. The molecule has 4 aromatic rings. The number of aromatic nitrogens is 5. The third-order valence-corrected chi connectivity index (χ3v) is 5.79. The van der Waals surface area contributed by atoms with Gasteiger partial charge in [0.25, 0.3) is 0 Å². The SMILES string of the molecule is CC.CCCSNc1c(F)ccc(C(=O)c2[nH]nc3ncc(-c4cnc(C)nc4OC)cc23)c1F.